The Balaban J connectivity index is 1.21. The number of amides is 2. The summed E-state index contributed by atoms with van der Waals surface area (Å²) < 4.78 is 5.36. The highest BCUT2D eigenvalue weighted by atomic mass is 16.3. The molecule has 0 radical (unpaired) electrons. The van der Waals surface area contributed by atoms with Crippen molar-refractivity contribution >= 4 is 11.8 Å². The first kappa shape index (κ1) is 17.3. The predicted octanol–water partition coefficient (Wildman–Crippen LogP) is 3.30. The van der Waals surface area contributed by atoms with E-state index in [9.17, 15) is 9.59 Å². The summed E-state index contributed by atoms with van der Waals surface area (Å²) in [5, 5.41) is 0. The number of carbonyl (C=O) groups excluding carboxylic acids is 2. The van der Waals surface area contributed by atoms with Crippen LogP contribution < -0.4 is 0 Å². The average molecular weight is 370 g/mol. The summed E-state index contributed by atoms with van der Waals surface area (Å²) in [6, 6.07) is 3.71. The molecule has 2 heterocycles. The van der Waals surface area contributed by atoms with Crippen molar-refractivity contribution in [2.24, 2.45) is 29.1 Å². The third-order valence-electron chi connectivity index (χ3n) is 7.60. The Hall–Kier alpha value is -1.78. The van der Waals surface area contributed by atoms with Crippen molar-refractivity contribution in [2.45, 2.75) is 51.5 Å². The Bertz CT molecular complexity index is 691. The maximum Gasteiger partial charge on any atom is 0.227 e. The molecule has 2 amide bonds. The summed E-state index contributed by atoms with van der Waals surface area (Å²) in [7, 11) is 1.96. The van der Waals surface area contributed by atoms with Gasteiger partial charge in [-0.2, -0.15) is 0 Å². The molecule has 1 saturated heterocycles. The second-order valence-electron chi connectivity index (χ2n) is 9.87. The fourth-order valence-electron chi connectivity index (χ4n) is 7.06. The fraction of sp³-hybridized carbons (Fsp3) is 0.727. The van der Waals surface area contributed by atoms with E-state index in [1.54, 1.807) is 11.2 Å². The second-order valence-corrected chi connectivity index (χ2v) is 9.87. The standard InChI is InChI=1S/C22H30N2O3/c1-23(14-22-9-15-5-16(10-22)7-17(6-15)11-22)21(26)18-8-20(25)24(12-18)13-19-3-2-4-27-19/h2-4,15-18H,5-14H2,1H3. The van der Waals surface area contributed by atoms with Gasteiger partial charge in [-0.05, 0) is 73.8 Å². The quantitative estimate of drug-likeness (QED) is 0.799. The highest BCUT2D eigenvalue weighted by Gasteiger charge is 2.51. The number of likely N-dealkylation sites (tertiary alicyclic amines) is 1. The van der Waals surface area contributed by atoms with Gasteiger partial charge in [-0.15, -0.1) is 0 Å². The molecule has 0 spiro atoms. The minimum absolute atomic E-state index is 0.0629. The molecule has 4 aliphatic carbocycles. The zero-order chi connectivity index (χ0) is 18.6. The van der Waals surface area contributed by atoms with Gasteiger partial charge in [0.2, 0.25) is 11.8 Å². The molecule has 0 N–H and O–H groups in total. The maximum atomic E-state index is 13.1. The van der Waals surface area contributed by atoms with Gasteiger partial charge in [0.25, 0.3) is 0 Å². The Morgan fingerprint density at radius 2 is 1.89 bits per heavy atom. The minimum Gasteiger partial charge on any atom is -0.467 e. The summed E-state index contributed by atoms with van der Waals surface area (Å²) in [6.07, 6.45) is 10.2. The topological polar surface area (TPSA) is 53.8 Å². The van der Waals surface area contributed by atoms with Crippen molar-refractivity contribution in [1.29, 1.82) is 0 Å². The number of rotatable bonds is 5. The van der Waals surface area contributed by atoms with Gasteiger partial charge in [0.1, 0.15) is 5.76 Å². The summed E-state index contributed by atoms with van der Waals surface area (Å²) in [4.78, 5) is 29.2. The van der Waals surface area contributed by atoms with Gasteiger partial charge in [-0.3, -0.25) is 9.59 Å². The fourth-order valence-corrected chi connectivity index (χ4v) is 7.06. The normalized spacial score (nSPS) is 37.2. The van der Waals surface area contributed by atoms with E-state index >= 15 is 0 Å². The van der Waals surface area contributed by atoms with E-state index < -0.39 is 0 Å². The Kier molecular flexibility index (Phi) is 4.10. The number of hydrogen-bond donors (Lipinski definition) is 0. The maximum absolute atomic E-state index is 13.1. The van der Waals surface area contributed by atoms with Gasteiger partial charge in [0, 0.05) is 26.6 Å². The van der Waals surface area contributed by atoms with Crippen LogP contribution in [0.5, 0.6) is 0 Å². The average Bonchev–Trinajstić information content (AvgIpc) is 3.23. The monoisotopic (exact) mass is 370 g/mol. The summed E-state index contributed by atoms with van der Waals surface area (Å²) in [5.41, 5.74) is 0.357. The molecule has 4 saturated carbocycles. The lowest BCUT2D eigenvalue weighted by molar-refractivity contribution is -0.139. The van der Waals surface area contributed by atoms with E-state index in [0.717, 1.165) is 30.1 Å². The smallest absolute Gasteiger partial charge is 0.227 e. The van der Waals surface area contributed by atoms with Crippen molar-refractivity contribution in [3.8, 4) is 0 Å². The highest BCUT2D eigenvalue weighted by Crippen LogP contribution is 2.60. The van der Waals surface area contributed by atoms with Crippen LogP contribution in [0.2, 0.25) is 0 Å². The first-order valence-electron chi connectivity index (χ1n) is 10.5. The zero-order valence-electron chi connectivity index (χ0n) is 16.2. The summed E-state index contributed by atoms with van der Waals surface area (Å²) >= 11 is 0. The lowest BCUT2D eigenvalue weighted by atomic mass is 9.49. The van der Waals surface area contributed by atoms with Gasteiger partial charge in [0.15, 0.2) is 0 Å². The van der Waals surface area contributed by atoms with Crippen LogP contribution in [0.25, 0.3) is 0 Å². The molecule has 1 unspecified atom stereocenters. The van der Waals surface area contributed by atoms with Crippen molar-refractivity contribution < 1.29 is 14.0 Å². The molecule has 5 nitrogen and oxygen atoms in total. The Labute approximate surface area is 161 Å². The zero-order valence-corrected chi connectivity index (χ0v) is 16.2. The number of hydrogen-bond acceptors (Lipinski definition) is 3. The SMILES string of the molecule is CN(CC12CC3CC(CC(C3)C1)C2)C(=O)C1CC(=O)N(Cc2ccco2)C1. The molecule has 0 aromatic carbocycles. The molecule has 146 valence electrons. The van der Waals surface area contributed by atoms with Crippen LogP contribution in [0.1, 0.15) is 50.7 Å². The van der Waals surface area contributed by atoms with Crippen molar-refractivity contribution in [3.63, 3.8) is 0 Å². The van der Waals surface area contributed by atoms with Gasteiger partial charge in [-0.1, -0.05) is 0 Å². The van der Waals surface area contributed by atoms with Crippen LogP contribution in [0.3, 0.4) is 0 Å². The van der Waals surface area contributed by atoms with E-state index in [2.05, 4.69) is 0 Å². The first-order chi connectivity index (χ1) is 13.0. The number of nitrogens with zero attached hydrogens (tertiary/aromatic N) is 2. The second kappa shape index (κ2) is 6.39. The summed E-state index contributed by atoms with van der Waals surface area (Å²) in [6.45, 7) is 1.87. The third-order valence-corrected chi connectivity index (χ3v) is 7.60. The van der Waals surface area contributed by atoms with E-state index in [1.807, 2.05) is 24.1 Å². The molecular weight excluding hydrogens is 340 g/mol. The molecular formula is C22H30N2O3. The van der Waals surface area contributed by atoms with Crippen LogP contribution in [0.4, 0.5) is 0 Å². The van der Waals surface area contributed by atoms with Gasteiger partial charge in [0.05, 0.1) is 18.7 Å². The number of carbonyl (C=O) groups is 2. The molecule has 1 atom stereocenters. The van der Waals surface area contributed by atoms with Crippen LogP contribution in [0.15, 0.2) is 22.8 Å². The van der Waals surface area contributed by atoms with E-state index in [-0.39, 0.29) is 17.7 Å². The van der Waals surface area contributed by atoms with E-state index in [1.165, 1.54) is 38.5 Å². The van der Waals surface area contributed by atoms with Crippen LogP contribution in [-0.4, -0.2) is 41.8 Å². The number of furan rings is 1. The first-order valence-corrected chi connectivity index (χ1v) is 10.5. The van der Waals surface area contributed by atoms with Crippen molar-refractivity contribution in [1.82, 2.24) is 9.80 Å². The van der Waals surface area contributed by atoms with Crippen LogP contribution in [0, 0.1) is 29.1 Å². The van der Waals surface area contributed by atoms with Crippen molar-refractivity contribution in [2.75, 3.05) is 20.1 Å². The lowest BCUT2D eigenvalue weighted by Gasteiger charge is -2.57. The Morgan fingerprint density at radius 3 is 2.48 bits per heavy atom. The molecule has 5 heteroatoms. The van der Waals surface area contributed by atoms with Gasteiger partial charge < -0.3 is 14.2 Å². The molecule has 6 rings (SSSR count). The van der Waals surface area contributed by atoms with Crippen LogP contribution >= 0.6 is 0 Å². The summed E-state index contributed by atoms with van der Waals surface area (Å²) in [5.74, 6) is 3.49. The highest BCUT2D eigenvalue weighted by molar-refractivity contribution is 5.89. The van der Waals surface area contributed by atoms with E-state index in [0.29, 0.717) is 24.9 Å². The molecule has 1 aliphatic heterocycles. The molecule has 4 bridgehead atoms. The van der Waals surface area contributed by atoms with Gasteiger partial charge in [-0.25, -0.2) is 0 Å². The molecule has 5 aliphatic rings. The molecule has 1 aromatic rings. The predicted molar refractivity (Wildman–Crippen MR) is 100 cm³/mol. The molecule has 1 aromatic heterocycles. The third kappa shape index (κ3) is 3.19. The molecule has 5 fully saturated rings. The minimum atomic E-state index is -0.202. The molecule has 27 heavy (non-hydrogen) atoms. The van der Waals surface area contributed by atoms with Crippen LogP contribution in [-0.2, 0) is 16.1 Å². The van der Waals surface area contributed by atoms with E-state index in [4.69, 9.17) is 4.42 Å². The largest absolute Gasteiger partial charge is 0.467 e. The Morgan fingerprint density at radius 1 is 1.22 bits per heavy atom. The van der Waals surface area contributed by atoms with Crippen molar-refractivity contribution in [3.05, 3.63) is 24.2 Å². The van der Waals surface area contributed by atoms with Gasteiger partial charge >= 0.3 is 0 Å². The lowest BCUT2D eigenvalue weighted by Crippen LogP contribution is -2.52.